The molecule has 1 aromatic carbocycles. The second-order valence-electron chi connectivity index (χ2n) is 6.96. The van der Waals surface area contributed by atoms with Gasteiger partial charge in [0.25, 0.3) is 5.91 Å². The molecule has 1 aliphatic rings. The number of carbonyl (C=O) groups is 2. The van der Waals surface area contributed by atoms with E-state index >= 15 is 0 Å². The third kappa shape index (κ3) is 4.35. The van der Waals surface area contributed by atoms with Crippen LogP contribution in [0.4, 0.5) is 4.79 Å². The molecule has 0 saturated carbocycles. The molecule has 132 valence electrons. The van der Waals surface area contributed by atoms with Gasteiger partial charge in [0.15, 0.2) is 6.54 Å². The number of hydrogen-bond donors (Lipinski definition) is 2. The van der Waals surface area contributed by atoms with Crippen molar-refractivity contribution in [2.24, 2.45) is 5.92 Å². The van der Waals surface area contributed by atoms with Crippen LogP contribution in [0.3, 0.4) is 0 Å². The van der Waals surface area contributed by atoms with Gasteiger partial charge in [-0.05, 0) is 17.9 Å². The minimum atomic E-state index is -0.271. The van der Waals surface area contributed by atoms with E-state index in [4.69, 9.17) is 0 Å². The summed E-state index contributed by atoms with van der Waals surface area (Å²) in [5, 5.41) is 4.72. The van der Waals surface area contributed by atoms with Crippen LogP contribution in [0.25, 0.3) is 0 Å². The van der Waals surface area contributed by atoms with E-state index in [0.717, 1.165) is 6.42 Å². The molecule has 1 heterocycles. The Morgan fingerprint density at radius 2 is 1.83 bits per heavy atom. The Morgan fingerprint density at radius 3 is 2.33 bits per heavy atom. The average Bonchev–Trinajstić information content (AvgIpc) is 3.00. The molecule has 5 heteroatoms. The molecule has 1 aromatic rings. The number of urea groups is 1. The molecule has 3 amide bonds. The van der Waals surface area contributed by atoms with Crippen molar-refractivity contribution in [2.75, 3.05) is 19.6 Å². The second-order valence-corrected chi connectivity index (χ2v) is 6.96. The zero-order chi connectivity index (χ0) is 17.7. The Bertz CT molecular complexity index is 568. The summed E-state index contributed by atoms with van der Waals surface area (Å²) in [4.78, 5) is 25.1. The van der Waals surface area contributed by atoms with Crippen LogP contribution in [0.1, 0.15) is 57.2 Å². The lowest BCUT2D eigenvalue weighted by Crippen LogP contribution is -2.88. The molecule has 1 saturated heterocycles. The number of carbonyl (C=O) groups excluding carboxylic acids is 2. The van der Waals surface area contributed by atoms with E-state index in [0.29, 0.717) is 31.5 Å². The van der Waals surface area contributed by atoms with Gasteiger partial charge in [-0.2, -0.15) is 0 Å². The molecule has 0 unspecified atom stereocenters. The highest BCUT2D eigenvalue weighted by Gasteiger charge is 2.28. The quantitative estimate of drug-likeness (QED) is 0.802. The Balaban J connectivity index is 2.01. The Labute approximate surface area is 144 Å². The van der Waals surface area contributed by atoms with Crippen molar-refractivity contribution in [3.63, 3.8) is 0 Å². The van der Waals surface area contributed by atoms with Gasteiger partial charge in [-0.15, -0.1) is 0 Å². The topological polar surface area (TPSA) is 66.0 Å². The lowest BCUT2D eigenvalue weighted by atomic mass is 9.92. The first kappa shape index (κ1) is 18.5. The van der Waals surface area contributed by atoms with Crippen LogP contribution in [-0.4, -0.2) is 36.5 Å². The summed E-state index contributed by atoms with van der Waals surface area (Å²) < 4.78 is 0. The summed E-state index contributed by atoms with van der Waals surface area (Å²) >= 11 is 0. The number of hydrogen-bond acceptors (Lipinski definition) is 2. The molecule has 5 nitrogen and oxygen atoms in total. The molecular weight excluding hydrogens is 302 g/mol. The molecule has 1 fully saturated rings. The number of rotatable bonds is 7. The molecule has 0 bridgehead atoms. The molecular formula is C19H30N3O2+. The first-order chi connectivity index (χ1) is 11.4. The summed E-state index contributed by atoms with van der Waals surface area (Å²) in [5.41, 5.74) is 2.59. The fourth-order valence-electron chi connectivity index (χ4n) is 3.12. The fourth-order valence-corrected chi connectivity index (χ4v) is 3.12. The van der Waals surface area contributed by atoms with Gasteiger partial charge in [0, 0.05) is 24.6 Å². The predicted molar refractivity (Wildman–Crippen MR) is 94.6 cm³/mol. The monoisotopic (exact) mass is 332 g/mol. The number of nitrogens with zero attached hydrogens (tertiary/aromatic N) is 1. The molecule has 3 N–H and O–H groups in total. The SMILES string of the molecule is CC[C@H](C)c1ccc([C@H]([NH2+]CC(=O)N2CCNC2=O)C(C)C)cc1. The first-order valence-corrected chi connectivity index (χ1v) is 8.95. The van der Waals surface area contributed by atoms with E-state index in [1.807, 2.05) is 0 Å². The maximum atomic E-state index is 12.2. The van der Waals surface area contributed by atoms with Crippen LogP contribution in [0.2, 0.25) is 0 Å². The van der Waals surface area contributed by atoms with Crippen molar-refractivity contribution in [3.8, 4) is 0 Å². The lowest BCUT2D eigenvalue weighted by Gasteiger charge is -2.21. The third-order valence-electron chi connectivity index (χ3n) is 4.93. The van der Waals surface area contributed by atoms with Crippen molar-refractivity contribution in [1.29, 1.82) is 0 Å². The normalized spacial score (nSPS) is 17.0. The summed E-state index contributed by atoms with van der Waals surface area (Å²) in [6, 6.07) is 8.69. The van der Waals surface area contributed by atoms with Crippen molar-refractivity contribution in [2.45, 2.75) is 46.1 Å². The van der Waals surface area contributed by atoms with E-state index in [-0.39, 0.29) is 18.0 Å². The number of nitrogens with two attached hydrogens (primary N) is 1. The van der Waals surface area contributed by atoms with Gasteiger partial charge in [0.1, 0.15) is 6.04 Å². The molecule has 0 radical (unpaired) electrons. The minimum Gasteiger partial charge on any atom is -0.336 e. The minimum absolute atomic E-state index is 0.119. The van der Waals surface area contributed by atoms with Gasteiger partial charge < -0.3 is 10.6 Å². The highest BCUT2D eigenvalue weighted by molar-refractivity contribution is 5.96. The van der Waals surface area contributed by atoms with Crippen LogP contribution >= 0.6 is 0 Å². The van der Waals surface area contributed by atoms with Crippen molar-refractivity contribution < 1.29 is 14.9 Å². The predicted octanol–water partition coefficient (Wildman–Crippen LogP) is 2.01. The molecule has 2 rings (SSSR count). The van der Waals surface area contributed by atoms with Gasteiger partial charge in [-0.25, -0.2) is 4.79 Å². The van der Waals surface area contributed by atoms with Crippen LogP contribution in [0.5, 0.6) is 0 Å². The van der Waals surface area contributed by atoms with E-state index in [1.165, 1.54) is 16.0 Å². The summed E-state index contributed by atoms with van der Waals surface area (Å²) in [7, 11) is 0. The number of benzene rings is 1. The zero-order valence-corrected chi connectivity index (χ0v) is 15.2. The average molecular weight is 332 g/mol. The summed E-state index contributed by atoms with van der Waals surface area (Å²) in [5.74, 6) is 0.849. The summed E-state index contributed by atoms with van der Waals surface area (Å²) in [6.45, 7) is 10.1. The van der Waals surface area contributed by atoms with Crippen LogP contribution in [0.15, 0.2) is 24.3 Å². The molecule has 1 aliphatic heterocycles. The smallest absolute Gasteiger partial charge is 0.324 e. The van der Waals surface area contributed by atoms with E-state index in [9.17, 15) is 9.59 Å². The molecule has 0 spiro atoms. The van der Waals surface area contributed by atoms with E-state index in [2.05, 4.69) is 62.6 Å². The largest absolute Gasteiger partial charge is 0.336 e. The number of imide groups is 1. The maximum Gasteiger partial charge on any atom is 0.324 e. The highest BCUT2D eigenvalue weighted by atomic mass is 16.2. The zero-order valence-electron chi connectivity index (χ0n) is 15.2. The Morgan fingerprint density at radius 1 is 1.21 bits per heavy atom. The van der Waals surface area contributed by atoms with Crippen molar-refractivity contribution in [1.82, 2.24) is 10.2 Å². The van der Waals surface area contributed by atoms with E-state index in [1.54, 1.807) is 0 Å². The van der Waals surface area contributed by atoms with E-state index < -0.39 is 0 Å². The lowest BCUT2D eigenvalue weighted by molar-refractivity contribution is -0.692. The number of nitrogens with one attached hydrogen (secondary N) is 1. The van der Waals surface area contributed by atoms with Gasteiger partial charge in [-0.3, -0.25) is 9.69 Å². The first-order valence-electron chi connectivity index (χ1n) is 8.95. The third-order valence-corrected chi connectivity index (χ3v) is 4.93. The fraction of sp³-hybridized carbons (Fsp3) is 0.579. The summed E-state index contributed by atoms with van der Waals surface area (Å²) in [6.07, 6.45) is 1.13. The Hall–Kier alpha value is -1.88. The number of amides is 3. The molecule has 0 aromatic heterocycles. The van der Waals surface area contributed by atoms with Crippen molar-refractivity contribution in [3.05, 3.63) is 35.4 Å². The van der Waals surface area contributed by atoms with Crippen LogP contribution < -0.4 is 10.6 Å². The molecule has 2 atom stereocenters. The van der Waals surface area contributed by atoms with Crippen LogP contribution in [0, 0.1) is 5.92 Å². The standard InChI is InChI=1S/C19H29N3O2/c1-5-14(4)15-6-8-16(9-7-15)18(13(2)3)21-12-17(23)22-11-10-20-19(22)24/h6-9,13-14,18,21H,5,10-12H2,1-4H3,(H,20,24)/p+1/t14-,18+/m0/s1. The second kappa shape index (κ2) is 8.29. The van der Waals surface area contributed by atoms with Crippen molar-refractivity contribution >= 4 is 11.9 Å². The van der Waals surface area contributed by atoms with Gasteiger partial charge >= 0.3 is 6.03 Å². The van der Waals surface area contributed by atoms with Crippen LogP contribution in [-0.2, 0) is 4.79 Å². The molecule has 24 heavy (non-hydrogen) atoms. The van der Waals surface area contributed by atoms with Gasteiger partial charge in [0.05, 0.1) is 0 Å². The number of quaternary nitrogens is 1. The molecule has 0 aliphatic carbocycles. The highest BCUT2D eigenvalue weighted by Crippen LogP contribution is 2.23. The maximum absolute atomic E-state index is 12.2. The van der Waals surface area contributed by atoms with Gasteiger partial charge in [-0.1, -0.05) is 52.0 Å². The van der Waals surface area contributed by atoms with Gasteiger partial charge in [0.2, 0.25) is 0 Å². The Kier molecular flexibility index (Phi) is 6.37.